The molecule has 0 fully saturated rings. The van der Waals surface area contributed by atoms with Crippen LogP contribution in [0.5, 0.6) is 0 Å². The second kappa shape index (κ2) is 7.73. The maximum atomic E-state index is 12.4. The second-order valence-electron chi connectivity index (χ2n) is 7.23. The van der Waals surface area contributed by atoms with Gasteiger partial charge in [0.05, 0.1) is 28.9 Å². The molecule has 0 radical (unpaired) electrons. The number of nitrogens with zero attached hydrogens (tertiary/aromatic N) is 2. The minimum absolute atomic E-state index is 0.146. The number of benzene rings is 2. The van der Waals surface area contributed by atoms with E-state index in [-0.39, 0.29) is 46.6 Å². The van der Waals surface area contributed by atoms with Crippen molar-refractivity contribution in [2.45, 2.75) is 6.92 Å². The van der Waals surface area contributed by atoms with Crippen LogP contribution in [-0.2, 0) is 0 Å². The summed E-state index contributed by atoms with van der Waals surface area (Å²) < 4.78 is 0. The topological polar surface area (TPSA) is 133 Å². The Hall–Kier alpha value is -4.34. The Kier molecular flexibility index (Phi) is 5.05. The van der Waals surface area contributed by atoms with Gasteiger partial charge in [0.2, 0.25) is 0 Å². The van der Waals surface area contributed by atoms with Gasteiger partial charge in [0, 0.05) is 24.7 Å². The molecule has 2 heterocycles. The van der Waals surface area contributed by atoms with Crippen molar-refractivity contribution in [2.75, 3.05) is 20.3 Å². The summed E-state index contributed by atoms with van der Waals surface area (Å²) in [4.78, 5) is 75.3. The number of hydrogen-bond acceptors (Lipinski definition) is 6. The molecule has 2 aromatic carbocycles. The number of fused-ring (bicyclic) bond motifs is 2. The van der Waals surface area contributed by atoms with Gasteiger partial charge in [-0.25, -0.2) is 0 Å². The van der Waals surface area contributed by atoms with E-state index >= 15 is 0 Å². The zero-order valence-corrected chi connectivity index (χ0v) is 17.2. The highest BCUT2D eigenvalue weighted by Gasteiger charge is 2.35. The van der Waals surface area contributed by atoms with Crippen LogP contribution in [0.1, 0.15) is 69.1 Å². The largest absolute Gasteiger partial charge is 0.335 e. The molecule has 0 unspecified atom stereocenters. The molecule has 0 atom stereocenters. The standard InChI is InChI=1S/C22H18N4O6/c1-3-26-21(31)14-7-5-12(9-16(14)22(26)32)18(28)24-10-23-17(27)11-4-6-13-15(8-11)20(30)25(2)19(13)29/h4-9H,3,10H2,1-2H3,(H,23,27)(H,24,28). The Bertz CT molecular complexity index is 1230. The van der Waals surface area contributed by atoms with Gasteiger partial charge in [-0.2, -0.15) is 0 Å². The highest BCUT2D eigenvalue weighted by atomic mass is 16.2. The van der Waals surface area contributed by atoms with E-state index in [0.29, 0.717) is 0 Å². The zero-order chi connectivity index (χ0) is 23.2. The lowest BCUT2D eigenvalue weighted by atomic mass is 10.1. The molecule has 2 N–H and O–H groups in total. The van der Waals surface area contributed by atoms with E-state index < -0.39 is 35.4 Å². The van der Waals surface area contributed by atoms with Crippen LogP contribution in [0.15, 0.2) is 36.4 Å². The number of imide groups is 2. The smallest absolute Gasteiger partial charge is 0.261 e. The number of nitrogens with one attached hydrogen (secondary N) is 2. The summed E-state index contributed by atoms with van der Waals surface area (Å²) in [5, 5.41) is 5.01. The fourth-order valence-corrected chi connectivity index (χ4v) is 3.63. The monoisotopic (exact) mass is 434 g/mol. The zero-order valence-electron chi connectivity index (χ0n) is 17.2. The maximum Gasteiger partial charge on any atom is 0.261 e. The predicted molar refractivity (Wildman–Crippen MR) is 110 cm³/mol. The molecule has 0 saturated carbocycles. The molecule has 2 aromatic rings. The summed E-state index contributed by atoms with van der Waals surface area (Å²) in [5.41, 5.74) is 1.12. The van der Waals surface area contributed by atoms with E-state index in [1.54, 1.807) is 6.92 Å². The van der Waals surface area contributed by atoms with Crippen molar-refractivity contribution in [3.8, 4) is 0 Å². The summed E-state index contributed by atoms with van der Waals surface area (Å²) >= 11 is 0. The Balaban J connectivity index is 1.39. The minimum Gasteiger partial charge on any atom is -0.335 e. The van der Waals surface area contributed by atoms with Crippen molar-refractivity contribution < 1.29 is 28.8 Å². The van der Waals surface area contributed by atoms with Crippen molar-refractivity contribution in [3.05, 3.63) is 69.8 Å². The van der Waals surface area contributed by atoms with Crippen LogP contribution >= 0.6 is 0 Å². The molecule has 0 aromatic heterocycles. The molecular weight excluding hydrogens is 416 g/mol. The fourth-order valence-electron chi connectivity index (χ4n) is 3.63. The van der Waals surface area contributed by atoms with Gasteiger partial charge in [-0.3, -0.25) is 38.6 Å². The van der Waals surface area contributed by atoms with Crippen LogP contribution in [0.2, 0.25) is 0 Å². The van der Waals surface area contributed by atoms with Crippen LogP contribution < -0.4 is 10.6 Å². The van der Waals surface area contributed by atoms with Crippen LogP contribution in [0, 0.1) is 0 Å². The number of amides is 6. The average molecular weight is 434 g/mol. The van der Waals surface area contributed by atoms with Crippen LogP contribution in [-0.4, -0.2) is 65.5 Å². The first-order valence-electron chi connectivity index (χ1n) is 9.77. The Morgan fingerprint density at radius 1 is 0.719 bits per heavy atom. The molecule has 32 heavy (non-hydrogen) atoms. The first kappa shape index (κ1) is 20.9. The summed E-state index contributed by atoms with van der Waals surface area (Å²) in [6.45, 7) is 1.70. The van der Waals surface area contributed by atoms with Gasteiger partial charge in [-0.15, -0.1) is 0 Å². The number of carbonyl (C=O) groups is 6. The molecule has 2 aliphatic heterocycles. The SMILES string of the molecule is CCN1C(=O)c2ccc(C(=O)NCNC(=O)c3ccc4c(c3)C(=O)N(C)C4=O)cc2C1=O. The van der Waals surface area contributed by atoms with Crippen molar-refractivity contribution in [2.24, 2.45) is 0 Å². The quantitative estimate of drug-likeness (QED) is 0.524. The molecule has 0 aliphatic carbocycles. The molecule has 0 bridgehead atoms. The normalized spacial score (nSPS) is 14.6. The van der Waals surface area contributed by atoms with Gasteiger partial charge in [0.15, 0.2) is 0 Å². The molecule has 162 valence electrons. The lowest BCUT2D eigenvalue weighted by Gasteiger charge is -2.09. The third-order valence-electron chi connectivity index (χ3n) is 5.40. The fraction of sp³-hybridized carbons (Fsp3) is 0.182. The Morgan fingerprint density at radius 2 is 1.16 bits per heavy atom. The van der Waals surface area contributed by atoms with Crippen molar-refractivity contribution in [1.29, 1.82) is 0 Å². The summed E-state index contributed by atoms with van der Waals surface area (Å²) in [6.07, 6.45) is 0. The molecular formula is C22H18N4O6. The molecule has 0 spiro atoms. The van der Waals surface area contributed by atoms with Gasteiger partial charge < -0.3 is 10.6 Å². The van der Waals surface area contributed by atoms with Crippen LogP contribution in [0.3, 0.4) is 0 Å². The van der Waals surface area contributed by atoms with E-state index in [1.165, 1.54) is 43.4 Å². The molecule has 4 rings (SSSR count). The number of carbonyl (C=O) groups excluding carboxylic acids is 6. The molecule has 0 saturated heterocycles. The average Bonchev–Trinajstić information content (AvgIpc) is 3.17. The van der Waals surface area contributed by atoms with E-state index in [0.717, 1.165) is 9.80 Å². The number of rotatable bonds is 5. The highest BCUT2D eigenvalue weighted by Crippen LogP contribution is 2.24. The Morgan fingerprint density at radius 3 is 1.69 bits per heavy atom. The van der Waals surface area contributed by atoms with E-state index in [1.807, 2.05) is 0 Å². The predicted octanol–water partition coefficient (Wildman–Crippen LogP) is 0.646. The molecule has 10 nitrogen and oxygen atoms in total. The Labute approximate surface area is 182 Å². The third-order valence-corrected chi connectivity index (χ3v) is 5.40. The second-order valence-corrected chi connectivity index (χ2v) is 7.23. The lowest BCUT2D eigenvalue weighted by molar-refractivity contribution is 0.0656. The summed E-state index contributed by atoms with van der Waals surface area (Å²) in [6, 6.07) is 8.37. The maximum absolute atomic E-state index is 12.4. The van der Waals surface area contributed by atoms with Crippen LogP contribution in [0.4, 0.5) is 0 Å². The van der Waals surface area contributed by atoms with Gasteiger partial charge in [-0.05, 0) is 43.3 Å². The van der Waals surface area contributed by atoms with Gasteiger partial charge in [-0.1, -0.05) is 0 Å². The summed E-state index contributed by atoms with van der Waals surface area (Å²) in [7, 11) is 1.36. The van der Waals surface area contributed by atoms with Crippen LogP contribution in [0.25, 0.3) is 0 Å². The third kappa shape index (κ3) is 3.22. The van der Waals surface area contributed by atoms with E-state index in [9.17, 15) is 28.8 Å². The van der Waals surface area contributed by atoms with Crippen molar-refractivity contribution in [3.63, 3.8) is 0 Å². The highest BCUT2D eigenvalue weighted by molar-refractivity contribution is 6.22. The van der Waals surface area contributed by atoms with Crippen molar-refractivity contribution in [1.82, 2.24) is 20.4 Å². The number of hydrogen-bond donors (Lipinski definition) is 2. The van der Waals surface area contributed by atoms with Gasteiger partial charge in [0.25, 0.3) is 35.4 Å². The first-order chi connectivity index (χ1) is 15.2. The van der Waals surface area contributed by atoms with Crippen molar-refractivity contribution >= 4 is 35.4 Å². The van der Waals surface area contributed by atoms with E-state index in [2.05, 4.69) is 10.6 Å². The van der Waals surface area contributed by atoms with Gasteiger partial charge >= 0.3 is 0 Å². The minimum atomic E-state index is -0.545. The molecule has 2 aliphatic rings. The van der Waals surface area contributed by atoms with E-state index in [4.69, 9.17) is 0 Å². The first-order valence-corrected chi connectivity index (χ1v) is 9.77. The van der Waals surface area contributed by atoms with Gasteiger partial charge in [0.1, 0.15) is 0 Å². The molecule has 10 heteroatoms. The lowest BCUT2D eigenvalue weighted by Crippen LogP contribution is -2.37. The summed E-state index contributed by atoms with van der Waals surface area (Å²) in [5.74, 6) is -2.85. The molecule has 6 amide bonds.